The highest BCUT2D eigenvalue weighted by atomic mass is 19.1. The van der Waals surface area contributed by atoms with Gasteiger partial charge in [-0.15, -0.1) is 0 Å². The quantitative estimate of drug-likeness (QED) is 0.512. The summed E-state index contributed by atoms with van der Waals surface area (Å²) in [4.78, 5) is 12.0. The SMILES string of the molecule is N=C(N)NCc1ccc(C(=O)Nc2ccccc2F)cc1. The van der Waals surface area contributed by atoms with Crippen LogP contribution in [0.2, 0.25) is 0 Å². The van der Waals surface area contributed by atoms with Gasteiger partial charge >= 0.3 is 0 Å². The van der Waals surface area contributed by atoms with Crippen LogP contribution in [0.5, 0.6) is 0 Å². The molecule has 0 fully saturated rings. The fourth-order valence-electron chi connectivity index (χ4n) is 1.73. The van der Waals surface area contributed by atoms with Crippen molar-refractivity contribution in [3.63, 3.8) is 0 Å². The predicted octanol–water partition coefficient (Wildman–Crippen LogP) is 2.06. The van der Waals surface area contributed by atoms with E-state index in [9.17, 15) is 9.18 Å². The van der Waals surface area contributed by atoms with E-state index < -0.39 is 5.82 Å². The lowest BCUT2D eigenvalue weighted by molar-refractivity contribution is 0.102. The molecule has 2 aromatic rings. The van der Waals surface area contributed by atoms with Crippen LogP contribution < -0.4 is 16.4 Å². The first-order valence-corrected chi connectivity index (χ1v) is 6.29. The Morgan fingerprint density at radius 2 is 1.81 bits per heavy atom. The van der Waals surface area contributed by atoms with Gasteiger partial charge in [0.25, 0.3) is 5.91 Å². The van der Waals surface area contributed by atoms with Crippen LogP contribution in [0.3, 0.4) is 0 Å². The number of carbonyl (C=O) groups is 1. The standard InChI is InChI=1S/C15H15FN4O/c16-12-3-1-2-4-13(12)20-14(21)11-7-5-10(6-8-11)9-19-15(17)18/h1-8H,9H2,(H,20,21)(H4,17,18,19). The minimum Gasteiger partial charge on any atom is -0.370 e. The number of nitrogens with one attached hydrogen (secondary N) is 3. The first-order chi connectivity index (χ1) is 10.1. The lowest BCUT2D eigenvalue weighted by Crippen LogP contribution is -2.29. The van der Waals surface area contributed by atoms with Gasteiger partial charge in [-0.05, 0) is 29.8 Å². The van der Waals surface area contributed by atoms with Crippen LogP contribution in [-0.2, 0) is 6.54 Å². The van der Waals surface area contributed by atoms with Crippen LogP contribution in [0.4, 0.5) is 10.1 Å². The summed E-state index contributed by atoms with van der Waals surface area (Å²) in [6, 6.07) is 12.7. The van der Waals surface area contributed by atoms with Crippen molar-refractivity contribution in [1.29, 1.82) is 5.41 Å². The summed E-state index contributed by atoms with van der Waals surface area (Å²) in [5.41, 5.74) is 6.64. The normalized spacial score (nSPS) is 9.95. The van der Waals surface area contributed by atoms with Crippen molar-refractivity contribution in [2.24, 2.45) is 5.73 Å². The van der Waals surface area contributed by atoms with E-state index in [2.05, 4.69) is 10.6 Å². The molecule has 21 heavy (non-hydrogen) atoms. The molecule has 108 valence electrons. The van der Waals surface area contributed by atoms with Crippen LogP contribution in [0.25, 0.3) is 0 Å². The topological polar surface area (TPSA) is 91.0 Å². The summed E-state index contributed by atoms with van der Waals surface area (Å²) in [6.07, 6.45) is 0. The largest absolute Gasteiger partial charge is 0.370 e. The number of rotatable bonds is 4. The Bertz CT molecular complexity index is 655. The molecule has 0 spiro atoms. The number of para-hydroxylation sites is 1. The molecule has 0 heterocycles. The number of hydrogen-bond donors (Lipinski definition) is 4. The van der Waals surface area contributed by atoms with Crippen molar-refractivity contribution >= 4 is 17.6 Å². The molecule has 2 rings (SSSR count). The van der Waals surface area contributed by atoms with Crippen LogP contribution in [-0.4, -0.2) is 11.9 Å². The van der Waals surface area contributed by atoms with Crippen LogP contribution in [0.15, 0.2) is 48.5 Å². The summed E-state index contributed by atoms with van der Waals surface area (Å²) in [6.45, 7) is 0.407. The zero-order valence-corrected chi connectivity index (χ0v) is 11.2. The van der Waals surface area contributed by atoms with Gasteiger partial charge in [-0.2, -0.15) is 0 Å². The van der Waals surface area contributed by atoms with Crippen molar-refractivity contribution in [2.45, 2.75) is 6.54 Å². The minimum absolute atomic E-state index is 0.114. The second kappa shape index (κ2) is 6.51. The lowest BCUT2D eigenvalue weighted by atomic mass is 10.1. The minimum atomic E-state index is -0.479. The summed E-state index contributed by atoms with van der Waals surface area (Å²) < 4.78 is 13.5. The van der Waals surface area contributed by atoms with Crippen molar-refractivity contribution in [3.05, 3.63) is 65.5 Å². The summed E-state index contributed by atoms with van der Waals surface area (Å²) >= 11 is 0. The molecule has 5 nitrogen and oxygen atoms in total. The van der Waals surface area contributed by atoms with Crippen molar-refractivity contribution in [3.8, 4) is 0 Å². The van der Waals surface area contributed by atoms with Crippen molar-refractivity contribution in [2.75, 3.05) is 5.32 Å². The van der Waals surface area contributed by atoms with Crippen LogP contribution >= 0.6 is 0 Å². The van der Waals surface area contributed by atoms with Gasteiger partial charge in [0.15, 0.2) is 5.96 Å². The van der Waals surface area contributed by atoms with E-state index in [0.29, 0.717) is 12.1 Å². The third kappa shape index (κ3) is 4.04. The highest BCUT2D eigenvalue weighted by molar-refractivity contribution is 6.04. The molecule has 2 aromatic carbocycles. The fourth-order valence-corrected chi connectivity index (χ4v) is 1.73. The van der Waals surface area contributed by atoms with Gasteiger partial charge < -0.3 is 16.4 Å². The van der Waals surface area contributed by atoms with E-state index in [4.69, 9.17) is 11.1 Å². The van der Waals surface area contributed by atoms with E-state index in [1.165, 1.54) is 12.1 Å². The maximum atomic E-state index is 13.5. The fraction of sp³-hybridized carbons (Fsp3) is 0.0667. The van der Waals surface area contributed by atoms with Crippen molar-refractivity contribution < 1.29 is 9.18 Å². The Morgan fingerprint density at radius 3 is 2.43 bits per heavy atom. The molecule has 0 aromatic heterocycles. The predicted molar refractivity (Wildman–Crippen MR) is 79.5 cm³/mol. The van der Waals surface area contributed by atoms with E-state index >= 15 is 0 Å². The Labute approximate surface area is 121 Å². The average Bonchev–Trinajstić information content (AvgIpc) is 2.48. The lowest BCUT2D eigenvalue weighted by Gasteiger charge is -2.07. The second-order valence-electron chi connectivity index (χ2n) is 4.40. The molecule has 0 saturated heterocycles. The van der Waals surface area contributed by atoms with Gasteiger partial charge in [0.05, 0.1) is 5.69 Å². The molecule has 0 atom stereocenters. The number of benzene rings is 2. The first kappa shape index (κ1) is 14.5. The van der Waals surface area contributed by atoms with Gasteiger partial charge in [-0.1, -0.05) is 24.3 Å². The van der Waals surface area contributed by atoms with E-state index in [1.807, 2.05) is 0 Å². The van der Waals surface area contributed by atoms with Crippen LogP contribution in [0.1, 0.15) is 15.9 Å². The Kier molecular flexibility index (Phi) is 4.50. The molecular weight excluding hydrogens is 271 g/mol. The molecule has 0 bridgehead atoms. The Balaban J connectivity index is 2.03. The molecule has 0 saturated carbocycles. The molecule has 1 amide bonds. The average molecular weight is 286 g/mol. The maximum Gasteiger partial charge on any atom is 0.255 e. The second-order valence-corrected chi connectivity index (χ2v) is 4.40. The molecule has 0 unspecified atom stereocenters. The van der Waals surface area contributed by atoms with E-state index in [1.54, 1.807) is 36.4 Å². The van der Waals surface area contributed by atoms with Gasteiger partial charge in [0.1, 0.15) is 5.82 Å². The summed E-state index contributed by atoms with van der Waals surface area (Å²) in [5, 5.41) is 12.2. The third-order valence-corrected chi connectivity index (χ3v) is 2.82. The number of carbonyl (C=O) groups excluding carboxylic acids is 1. The summed E-state index contributed by atoms with van der Waals surface area (Å²) in [5.74, 6) is -0.976. The van der Waals surface area contributed by atoms with Crippen molar-refractivity contribution in [1.82, 2.24) is 5.32 Å². The smallest absolute Gasteiger partial charge is 0.255 e. The zero-order chi connectivity index (χ0) is 15.2. The molecular formula is C15H15FN4O. The van der Waals surface area contributed by atoms with Crippen LogP contribution in [0, 0.1) is 11.2 Å². The number of nitrogens with two attached hydrogens (primary N) is 1. The monoisotopic (exact) mass is 286 g/mol. The summed E-state index contributed by atoms with van der Waals surface area (Å²) in [7, 11) is 0. The van der Waals surface area contributed by atoms with Gasteiger partial charge in [-0.25, -0.2) is 4.39 Å². The maximum absolute atomic E-state index is 13.5. The highest BCUT2D eigenvalue weighted by Crippen LogP contribution is 2.14. The molecule has 0 aliphatic rings. The zero-order valence-electron chi connectivity index (χ0n) is 11.2. The number of halogens is 1. The number of amides is 1. The van der Waals surface area contributed by atoms with E-state index in [0.717, 1.165) is 5.56 Å². The molecule has 6 heteroatoms. The Morgan fingerprint density at radius 1 is 1.14 bits per heavy atom. The highest BCUT2D eigenvalue weighted by Gasteiger charge is 2.08. The molecule has 0 aliphatic heterocycles. The van der Waals surface area contributed by atoms with Gasteiger partial charge in [0, 0.05) is 12.1 Å². The molecule has 0 aliphatic carbocycles. The first-order valence-electron chi connectivity index (χ1n) is 6.29. The molecule has 0 radical (unpaired) electrons. The molecule has 5 N–H and O–H groups in total. The number of guanidine groups is 1. The van der Waals surface area contributed by atoms with Gasteiger partial charge in [0.2, 0.25) is 0 Å². The van der Waals surface area contributed by atoms with E-state index in [-0.39, 0.29) is 17.6 Å². The number of anilines is 1. The number of hydrogen-bond acceptors (Lipinski definition) is 2. The Hall–Kier alpha value is -2.89. The van der Waals surface area contributed by atoms with Gasteiger partial charge in [-0.3, -0.25) is 10.2 Å². The third-order valence-electron chi connectivity index (χ3n) is 2.82.